The third-order valence-electron chi connectivity index (χ3n) is 7.42. The van der Waals surface area contributed by atoms with E-state index in [0.29, 0.717) is 36.9 Å². The summed E-state index contributed by atoms with van der Waals surface area (Å²) >= 11 is 0. The summed E-state index contributed by atoms with van der Waals surface area (Å²) in [7, 11) is 0. The Bertz CT molecular complexity index is 1410. The van der Waals surface area contributed by atoms with Gasteiger partial charge in [0, 0.05) is 24.2 Å². The molecule has 6 nitrogen and oxygen atoms in total. The number of carbonyl (C=O) groups excluding carboxylic acids is 1. The smallest absolute Gasteiger partial charge is 0.417 e. The summed E-state index contributed by atoms with van der Waals surface area (Å²) in [4.78, 5) is 13.5. The van der Waals surface area contributed by atoms with Crippen molar-refractivity contribution in [2.45, 2.75) is 63.8 Å². The molecule has 2 aliphatic rings. The maximum atomic E-state index is 14.7. The molecule has 2 aromatic carbocycles. The number of rotatable bonds is 11. The van der Waals surface area contributed by atoms with E-state index in [4.69, 9.17) is 9.47 Å². The molecule has 0 amide bonds. The average Bonchev–Trinajstić information content (AvgIpc) is 3.63. The third-order valence-corrected chi connectivity index (χ3v) is 7.42. The average molecular weight is 612 g/mol. The summed E-state index contributed by atoms with van der Waals surface area (Å²) in [6.07, 6.45) is -4.23. The lowest BCUT2D eigenvalue weighted by atomic mass is 9.96. The fourth-order valence-corrected chi connectivity index (χ4v) is 4.85. The molecule has 0 spiro atoms. The van der Waals surface area contributed by atoms with Crippen LogP contribution in [-0.2, 0) is 28.7 Å². The van der Waals surface area contributed by atoms with Gasteiger partial charge in [0.25, 0.3) is 12.9 Å². The van der Waals surface area contributed by atoms with E-state index in [-0.39, 0.29) is 42.1 Å². The Morgan fingerprint density at radius 2 is 1.84 bits per heavy atom. The second-order valence-electron chi connectivity index (χ2n) is 10.6. The molecule has 0 saturated heterocycles. The second kappa shape index (κ2) is 13.2. The van der Waals surface area contributed by atoms with Crippen LogP contribution in [0.5, 0.6) is 11.6 Å². The van der Waals surface area contributed by atoms with Crippen molar-refractivity contribution in [1.29, 1.82) is 0 Å². The van der Waals surface area contributed by atoms with Crippen molar-refractivity contribution in [2.75, 3.05) is 13.2 Å². The summed E-state index contributed by atoms with van der Waals surface area (Å²) in [5.74, 6) is 0.679. The van der Waals surface area contributed by atoms with Gasteiger partial charge in [-0.2, -0.15) is 13.2 Å². The van der Waals surface area contributed by atoms with E-state index in [2.05, 4.69) is 9.72 Å². The van der Waals surface area contributed by atoms with Crippen LogP contribution in [-0.4, -0.2) is 41.8 Å². The van der Waals surface area contributed by atoms with Gasteiger partial charge in [-0.1, -0.05) is 12.1 Å². The number of alkyl halides is 5. The van der Waals surface area contributed by atoms with Gasteiger partial charge in [-0.05, 0) is 85.0 Å². The minimum atomic E-state index is -4.81. The molecule has 1 heterocycles. The molecule has 1 saturated carbocycles. The largest absolute Gasteiger partial charge is 0.493 e. The van der Waals surface area contributed by atoms with Gasteiger partial charge in [-0.3, -0.25) is 4.79 Å². The highest BCUT2D eigenvalue weighted by molar-refractivity contribution is 5.69. The molecule has 0 radical (unpaired) electrons. The SMILES string of the molecule is CC(O)(CCOc1ccc(-c2cc(COc3cc4c(cn3)C3CC3C4)c(F)cc2C(F)(F)F)cc1)C(F)F.CCOC=O. The number of nitrogens with zero attached hydrogens (tertiary/aromatic N) is 1. The molecule has 1 N–H and O–H groups in total. The van der Waals surface area contributed by atoms with E-state index in [9.17, 15) is 36.2 Å². The van der Waals surface area contributed by atoms with Crippen molar-refractivity contribution in [2.24, 2.45) is 5.92 Å². The lowest BCUT2D eigenvalue weighted by Crippen LogP contribution is -2.35. The van der Waals surface area contributed by atoms with E-state index in [0.717, 1.165) is 25.0 Å². The zero-order valence-corrected chi connectivity index (χ0v) is 23.5. The van der Waals surface area contributed by atoms with E-state index in [1.807, 2.05) is 6.07 Å². The number of pyridine rings is 1. The van der Waals surface area contributed by atoms with Gasteiger partial charge >= 0.3 is 6.18 Å². The van der Waals surface area contributed by atoms with Gasteiger partial charge in [0.05, 0.1) is 18.8 Å². The Morgan fingerprint density at radius 3 is 2.44 bits per heavy atom. The number of fused-ring (bicyclic) bond motifs is 3. The molecule has 2 aliphatic carbocycles. The van der Waals surface area contributed by atoms with E-state index < -0.39 is 29.6 Å². The van der Waals surface area contributed by atoms with E-state index in [1.54, 1.807) is 13.1 Å². The predicted octanol–water partition coefficient (Wildman–Crippen LogP) is 7.11. The van der Waals surface area contributed by atoms with Crippen molar-refractivity contribution in [3.63, 3.8) is 0 Å². The minimum Gasteiger partial charge on any atom is -0.493 e. The fraction of sp³-hybridized carbons (Fsp3) is 0.419. The van der Waals surface area contributed by atoms with Crippen LogP contribution in [0.25, 0.3) is 11.1 Å². The number of hydrogen-bond acceptors (Lipinski definition) is 6. The first kappa shape index (κ1) is 32.1. The molecular weight excluding hydrogens is 580 g/mol. The molecule has 43 heavy (non-hydrogen) atoms. The fourth-order valence-electron chi connectivity index (χ4n) is 4.85. The topological polar surface area (TPSA) is 77.9 Å². The Morgan fingerprint density at radius 1 is 1.12 bits per heavy atom. The molecule has 5 rings (SSSR count). The lowest BCUT2D eigenvalue weighted by molar-refractivity contribution is -0.137. The van der Waals surface area contributed by atoms with E-state index >= 15 is 0 Å². The van der Waals surface area contributed by atoms with Crippen LogP contribution < -0.4 is 9.47 Å². The standard InChI is InChI=1S/C28H25F6NO3.C3H6O2/c1-27(36,26(30)31)6-7-37-19-4-2-15(3-5-19)21-10-18(24(29)12-23(21)28(32,33)34)14-38-25-11-17-8-16-9-20(16)22(17)13-35-25;1-2-5-3-4/h2-5,10-13,16,20,26,36H,6-9,14H2,1H3;3H,2H2,1H3. The van der Waals surface area contributed by atoms with Gasteiger partial charge in [-0.15, -0.1) is 0 Å². The Balaban J connectivity index is 0.000000782. The molecular formula is C31H31F6NO5. The van der Waals surface area contributed by atoms with Crippen molar-refractivity contribution >= 4 is 6.47 Å². The Kier molecular flexibility index (Phi) is 9.89. The maximum absolute atomic E-state index is 14.7. The normalized spacial score (nSPS) is 18.1. The summed E-state index contributed by atoms with van der Waals surface area (Å²) in [6, 6.07) is 8.85. The third kappa shape index (κ3) is 7.98. The zero-order chi connectivity index (χ0) is 31.4. The van der Waals surface area contributed by atoms with Gasteiger partial charge in [-0.25, -0.2) is 18.2 Å². The van der Waals surface area contributed by atoms with Gasteiger partial charge < -0.3 is 19.3 Å². The second-order valence-corrected chi connectivity index (χ2v) is 10.6. The summed E-state index contributed by atoms with van der Waals surface area (Å²) < 4.78 is 96.7. The highest BCUT2D eigenvalue weighted by Crippen LogP contribution is 2.56. The summed E-state index contributed by atoms with van der Waals surface area (Å²) in [6.45, 7) is 3.13. The van der Waals surface area contributed by atoms with Crippen molar-refractivity contribution in [3.05, 3.63) is 76.7 Å². The number of aromatic nitrogens is 1. The quantitative estimate of drug-likeness (QED) is 0.184. The highest BCUT2D eigenvalue weighted by Gasteiger charge is 2.45. The molecule has 0 aliphatic heterocycles. The molecule has 3 aromatic rings. The molecule has 3 atom stereocenters. The highest BCUT2D eigenvalue weighted by atomic mass is 19.4. The number of aliphatic hydroxyl groups is 1. The van der Waals surface area contributed by atoms with Gasteiger partial charge in [0.2, 0.25) is 5.88 Å². The first-order valence-corrected chi connectivity index (χ1v) is 13.6. The first-order valence-electron chi connectivity index (χ1n) is 13.6. The molecule has 232 valence electrons. The Labute approximate surface area is 244 Å². The minimum absolute atomic E-state index is 0.0623. The van der Waals surface area contributed by atoms with Crippen LogP contribution in [0.4, 0.5) is 26.3 Å². The van der Waals surface area contributed by atoms with Crippen molar-refractivity contribution in [1.82, 2.24) is 4.98 Å². The lowest BCUT2D eigenvalue weighted by Gasteiger charge is -2.22. The summed E-state index contributed by atoms with van der Waals surface area (Å²) in [5, 5.41) is 9.61. The predicted molar refractivity (Wildman–Crippen MR) is 144 cm³/mol. The zero-order valence-electron chi connectivity index (χ0n) is 23.5. The maximum Gasteiger partial charge on any atom is 0.417 e. The number of halogens is 6. The molecule has 12 heteroatoms. The molecule has 1 aromatic heterocycles. The molecule has 0 bridgehead atoms. The number of ether oxygens (including phenoxy) is 3. The number of hydrogen-bond donors (Lipinski definition) is 1. The van der Waals surface area contributed by atoms with Crippen LogP contribution >= 0.6 is 0 Å². The van der Waals surface area contributed by atoms with E-state index in [1.165, 1.54) is 36.2 Å². The van der Waals surface area contributed by atoms with Gasteiger partial charge in [0.15, 0.2) is 0 Å². The van der Waals surface area contributed by atoms with Crippen molar-refractivity contribution in [3.8, 4) is 22.8 Å². The molecule has 3 unspecified atom stereocenters. The summed E-state index contributed by atoms with van der Waals surface area (Å²) in [5.41, 5.74) is -1.17. The van der Waals surface area contributed by atoms with Crippen LogP contribution in [0.2, 0.25) is 0 Å². The Hall–Kier alpha value is -3.80. The van der Waals surface area contributed by atoms with Crippen LogP contribution in [0.1, 0.15) is 54.9 Å². The first-order chi connectivity index (χ1) is 20.3. The van der Waals surface area contributed by atoms with Gasteiger partial charge in [0.1, 0.15) is 23.8 Å². The molecule has 1 fully saturated rings. The van der Waals surface area contributed by atoms with Crippen LogP contribution in [0, 0.1) is 11.7 Å². The van der Waals surface area contributed by atoms with Crippen LogP contribution in [0.3, 0.4) is 0 Å². The number of carbonyl (C=O) groups is 1. The van der Waals surface area contributed by atoms with Crippen LogP contribution in [0.15, 0.2) is 48.7 Å². The monoisotopic (exact) mass is 611 g/mol. The number of benzene rings is 2. The van der Waals surface area contributed by atoms with Crippen molar-refractivity contribution < 1.29 is 50.5 Å².